The molecule has 1 amide bonds. The molecular weight excluding hydrogens is 296 g/mol. The summed E-state index contributed by atoms with van der Waals surface area (Å²) in [5.41, 5.74) is 1.47. The van der Waals surface area contributed by atoms with Crippen molar-refractivity contribution in [1.82, 2.24) is 4.98 Å². The monoisotopic (exact) mass is 310 g/mol. The highest BCUT2D eigenvalue weighted by Crippen LogP contribution is 2.24. The quantitative estimate of drug-likeness (QED) is 0.725. The van der Waals surface area contributed by atoms with Crippen LogP contribution in [0.3, 0.4) is 0 Å². The van der Waals surface area contributed by atoms with Gasteiger partial charge in [-0.15, -0.1) is 0 Å². The summed E-state index contributed by atoms with van der Waals surface area (Å²) in [7, 11) is 1.76. The minimum atomic E-state index is -0.0630. The summed E-state index contributed by atoms with van der Waals surface area (Å²) in [5.74, 6) is 0.598. The molecular formula is C17H14N2O2S. The van der Waals surface area contributed by atoms with Gasteiger partial charge in [0.15, 0.2) is 0 Å². The highest BCUT2D eigenvalue weighted by Gasteiger charge is 2.13. The molecule has 1 aromatic heterocycles. The highest BCUT2D eigenvalue weighted by molar-refractivity contribution is 7.11. The molecule has 110 valence electrons. The minimum absolute atomic E-state index is 0.0630. The number of nitrogens with zero attached hydrogens (tertiary/aromatic N) is 2. The van der Waals surface area contributed by atoms with E-state index in [2.05, 4.69) is 4.98 Å². The Labute approximate surface area is 132 Å². The van der Waals surface area contributed by atoms with Crippen LogP contribution in [-0.4, -0.2) is 17.9 Å². The Bertz CT molecular complexity index is 740. The fourth-order valence-corrected chi connectivity index (χ4v) is 2.49. The molecule has 4 nitrogen and oxygen atoms in total. The first-order chi connectivity index (χ1) is 10.7. The second-order valence-electron chi connectivity index (χ2n) is 4.62. The number of anilines is 1. The van der Waals surface area contributed by atoms with Gasteiger partial charge in [-0.25, -0.2) is 4.98 Å². The largest absolute Gasteiger partial charge is 0.431 e. The third-order valence-corrected chi connectivity index (χ3v) is 3.81. The van der Waals surface area contributed by atoms with Gasteiger partial charge in [0.25, 0.3) is 11.1 Å². The molecule has 0 N–H and O–H groups in total. The van der Waals surface area contributed by atoms with E-state index < -0.39 is 0 Å². The van der Waals surface area contributed by atoms with Gasteiger partial charge in [0.05, 0.1) is 0 Å². The molecule has 0 saturated heterocycles. The van der Waals surface area contributed by atoms with Crippen LogP contribution in [0.4, 0.5) is 5.69 Å². The maximum Gasteiger partial charge on any atom is 0.278 e. The van der Waals surface area contributed by atoms with Gasteiger partial charge in [-0.3, -0.25) is 4.79 Å². The molecule has 0 aliphatic carbocycles. The molecule has 22 heavy (non-hydrogen) atoms. The number of ether oxygens (including phenoxy) is 1. The van der Waals surface area contributed by atoms with Crippen LogP contribution in [0, 0.1) is 0 Å². The summed E-state index contributed by atoms with van der Waals surface area (Å²) >= 11 is 1.42. The standard InChI is InChI=1S/C17H14N2O2S/c1-19(14-5-3-2-4-6-14)16(20)13-7-9-15(10-8-13)21-17-18-11-12-22-17/h2-12H,1H3. The van der Waals surface area contributed by atoms with E-state index in [-0.39, 0.29) is 5.91 Å². The number of hydrogen-bond acceptors (Lipinski definition) is 4. The van der Waals surface area contributed by atoms with E-state index in [4.69, 9.17) is 4.74 Å². The predicted octanol–water partition coefficient (Wildman–Crippen LogP) is 4.21. The normalized spacial score (nSPS) is 10.2. The second kappa shape index (κ2) is 6.41. The summed E-state index contributed by atoms with van der Waals surface area (Å²) in [6, 6.07) is 16.6. The fourth-order valence-electron chi connectivity index (χ4n) is 1.99. The Balaban J connectivity index is 1.73. The summed E-state index contributed by atoms with van der Waals surface area (Å²) in [4.78, 5) is 18.1. The van der Waals surface area contributed by atoms with Gasteiger partial charge in [0, 0.05) is 29.9 Å². The molecule has 0 atom stereocenters. The molecule has 0 bridgehead atoms. The highest BCUT2D eigenvalue weighted by atomic mass is 32.1. The molecule has 0 unspecified atom stereocenters. The number of carbonyl (C=O) groups excluding carboxylic acids is 1. The number of thiazole rings is 1. The van der Waals surface area contributed by atoms with Crippen molar-refractivity contribution in [3.05, 3.63) is 71.7 Å². The number of aromatic nitrogens is 1. The van der Waals surface area contributed by atoms with Gasteiger partial charge >= 0.3 is 0 Å². The predicted molar refractivity (Wildman–Crippen MR) is 87.8 cm³/mol. The van der Waals surface area contributed by atoms with Crippen LogP contribution in [0.5, 0.6) is 10.9 Å². The lowest BCUT2D eigenvalue weighted by Crippen LogP contribution is -2.25. The number of hydrogen-bond donors (Lipinski definition) is 0. The average Bonchev–Trinajstić information content (AvgIpc) is 3.08. The van der Waals surface area contributed by atoms with Crippen molar-refractivity contribution >= 4 is 22.9 Å². The molecule has 5 heteroatoms. The molecule has 3 rings (SSSR count). The van der Waals surface area contributed by atoms with Crippen molar-refractivity contribution in [2.24, 2.45) is 0 Å². The molecule has 2 aromatic carbocycles. The molecule has 0 fully saturated rings. The molecule has 3 aromatic rings. The van der Waals surface area contributed by atoms with Gasteiger partial charge in [-0.05, 0) is 36.4 Å². The number of benzene rings is 2. The van der Waals surface area contributed by atoms with Crippen LogP contribution >= 0.6 is 11.3 Å². The van der Waals surface area contributed by atoms with Crippen molar-refractivity contribution in [2.45, 2.75) is 0 Å². The van der Waals surface area contributed by atoms with Gasteiger partial charge in [-0.2, -0.15) is 0 Å². The van der Waals surface area contributed by atoms with Crippen molar-refractivity contribution in [3.63, 3.8) is 0 Å². The maximum atomic E-state index is 12.4. The molecule has 0 saturated carbocycles. The van der Waals surface area contributed by atoms with Crippen LogP contribution in [-0.2, 0) is 0 Å². The lowest BCUT2D eigenvalue weighted by Gasteiger charge is -2.17. The van der Waals surface area contributed by atoms with E-state index in [0.29, 0.717) is 16.5 Å². The second-order valence-corrected chi connectivity index (χ2v) is 5.48. The third-order valence-electron chi connectivity index (χ3n) is 3.16. The Morgan fingerprint density at radius 1 is 1.09 bits per heavy atom. The Hall–Kier alpha value is -2.66. The SMILES string of the molecule is CN(C(=O)c1ccc(Oc2nccs2)cc1)c1ccccc1. The topological polar surface area (TPSA) is 42.4 Å². The van der Waals surface area contributed by atoms with E-state index in [1.807, 2.05) is 35.7 Å². The molecule has 0 radical (unpaired) electrons. The summed E-state index contributed by atoms with van der Waals surface area (Å²) in [6.45, 7) is 0. The van der Waals surface area contributed by atoms with Crippen LogP contribution in [0.2, 0.25) is 0 Å². The number of carbonyl (C=O) groups is 1. The maximum absolute atomic E-state index is 12.4. The van der Waals surface area contributed by atoms with Gasteiger partial charge in [-0.1, -0.05) is 29.5 Å². The summed E-state index contributed by atoms with van der Waals surface area (Å²) in [5, 5.41) is 2.43. The lowest BCUT2D eigenvalue weighted by atomic mass is 10.2. The average molecular weight is 310 g/mol. The molecule has 0 aliphatic rings. The first-order valence-corrected chi connectivity index (χ1v) is 7.62. The fraction of sp³-hybridized carbons (Fsp3) is 0.0588. The van der Waals surface area contributed by atoms with Gasteiger partial charge in [0.1, 0.15) is 5.75 Å². The van der Waals surface area contributed by atoms with Crippen molar-refractivity contribution in [2.75, 3.05) is 11.9 Å². The Morgan fingerprint density at radius 3 is 2.45 bits per heavy atom. The zero-order valence-corrected chi connectivity index (χ0v) is 12.8. The molecule has 0 spiro atoms. The summed E-state index contributed by atoms with van der Waals surface area (Å²) < 4.78 is 5.58. The summed E-state index contributed by atoms with van der Waals surface area (Å²) in [6.07, 6.45) is 1.69. The Morgan fingerprint density at radius 2 is 1.82 bits per heavy atom. The Kier molecular flexibility index (Phi) is 4.16. The first-order valence-electron chi connectivity index (χ1n) is 6.74. The van der Waals surface area contributed by atoms with Crippen molar-refractivity contribution in [3.8, 4) is 10.9 Å². The van der Waals surface area contributed by atoms with Crippen LogP contribution in [0.25, 0.3) is 0 Å². The van der Waals surface area contributed by atoms with Gasteiger partial charge in [0.2, 0.25) is 0 Å². The third kappa shape index (κ3) is 3.15. The smallest absolute Gasteiger partial charge is 0.278 e. The van der Waals surface area contributed by atoms with Crippen LogP contribution < -0.4 is 9.64 Å². The van der Waals surface area contributed by atoms with Gasteiger partial charge < -0.3 is 9.64 Å². The zero-order valence-electron chi connectivity index (χ0n) is 12.0. The van der Waals surface area contributed by atoms with Crippen LogP contribution in [0.15, 0.2) is 66.2 Å². The number of rotatable bonds is 4. The van der Waals surface area contributed by atoms with E-state index in [9.17, 15) is 4.79 Å². The van der Waals surface area contributed by atoms with Crippen molar-refractivity contribution in [1.29, 1.82) is 0 Å². The lowest BCUT2D eigenvalue weighted by molar-refractivity contribution is 0.0993. The number of amides is 1. The molecule has 1 heterocycles. The molecule has 0 aliphatic heterocycles. The van der Waals surface area contributed by atoms with E-state index >= 15 is 0 Å². The zero-order chi connectivity index (χ0) is 15.4. The van der Waals surface area contributed by atoms with E-state index in [1.165, 1.54) is 11.3 Å². The van der Waals surface area contributed by atoms with E-state index in [0.717, 1.165) is 5.69 Å². The van der Waals surface area contributed by atoms with E-state index in [1.54, 1.807) is 42.4 Å². The van der Waals surface area contributed by atoms with Crippen LogP contribution in [0.1, 0.15) is 10.4 Å². The minimum Gasteiger partial charge on any atom is -0.431 e. The van der Waals surface area contributed by atoms with Crippen molar-refractivity contribution < 1.29 is 9.53 Å². The number of para-hydroxylation sites is 1. The first kappa shape index (κ1) is 14.3.